The molecule has 2 aromatic rings. The lowest BCUT2D eigenvalue weighted by molar-refractivity contribution is -0.142. The summed E-state index contributed by atoms with van der Waals surface area (Å²) in [5.41, 5.74) is 12.1. The first kappa shape index (κ1) is 52.2. The Morgan fingerprint density at radius 2 is 1.20 bits per heavy atom. The number of aliphatic carboxylic acids is 2. The summed E-state index contributed by atoms with van der Waals surface area (Å²) in [6.45, 7) is 4.01. The molecule has 0 spiro atoms. The number of nitrogens with two attached hydrogens (primary N) is 2. The first-order chi connectivity index (χ1) is 30.6. The molecule has 1 heterocycles. The number of aliphatic hydroxyl groups is 1. The van der Waals surface area contributed by atoms with Crippen molar-refractivity contribution in [1.29, 1.82) is 0 Å². The predicted octanol–water partition coefficient (Wildman–Crippen LogP) is -3.35. The van der Waals surface area contributed by atoms with Gasteiger partial charge in [-0.3, -0.25) is 47.9 Å². The molecule has 1 fully saturated rings. The third kappa shape index (κ3) is 16.5. The first-order valence-corrected chi connectivity index (χ1v) is 20.7. The van der Waals surface area contributed by atoms with Crippen LogP contribution in [0.3, 0.4) is 0 Å². The molecule has 2 aromatic carbocycles. The van der Waals surface area contributed by atoms with Gasteiger partial charge in [0, 0.05) is 25.8 Å². The molecular weight excluding hydrogens is 855 g/mol. The Hall–Kier alpha value is -7.14. The maximum Gasteiger partial charge on any atom is 0.325 e. The number of nitrogens with zero attached hydrogens (tertiary/aromatic N) is 1. The SMILES string of the molecule is C[C@H](N)C(=O)N1CCC[C@H]1C(=O)N[C@H](C(=O)N[C@@H](CC(N)=O)C(=O)N[C@@H](CCC(=O)O)C(=O)N[C@@H](Cc1ccccc1)C(=O)N[C@@H](Cc1ccc(O)cc1)C(=O)N[C@@H](C)C(=O)O)[C@@H](C)O. The zero-order valence-electron chi connectivity index (χ0n) is 36.0. The van der Waals surface area contributed by atoms with Crippen LogP contribution in [0.4, 0.5) is 0 Å². The summed E-state index contributed by atoms with van der Waals surface area (Å²) in [6.07, 6.45) is -3.53. The van der Waals surface area contributed by atoms with Crippen LogP contribution in [0, 0.1) is 0 Å². The molecule has 0 saturated carbocycles. The number of benzene rings is 2. The molecular formula is C42H57N9O14. The van der Waals surface area contributed by atoms with Crippen molar-refractivity contribution in [2.75, 3.05) is 6.54 Å². The van der Waals surface area contributed by atoms with Gasteiger partial charge in [0.15, 0.2) is 0 Å². The largest absolute Gasteiger partial charge is 0.508 e. The number of amides is 8. The van der Waals surface area contributed by atoms with Crippen molar-refractivity contribution in [3.05, 3.63) is 65.7 Å². The van der Waals surface area contributed by atoms with E-state index in [9.17, 15) is 68.4 Å². The van der Waals surface area contributed by atoms with Crippen LogP contribution < -0.4 is 43.4 Å². The van der Waals surface area contributed by atoms with E-state index >= 15 is 0 Å². The van der Waals surface area contributed by atoms with Crippen molar-refractivity contribution in [3.63, 3.8) is 0 Å². The molecule has 14 N–H and O–H groups in total. The Balaban J connectivity index is 1.90. The normalized spacial score (nSPS) is 17.0. The fraction of sp³-hybridized carbons (Fsp3) is 0.476. The Morgan fingerprint density at radius 3 is 1.72 bits per heavy atom. The minimum Gasteiger partial charge on any atom is -0.508 e. The van der Waals surface area contributed by atoms with E-state index in [2.05, 4.69) is 31.9 Å². The summed E-state index contributed by atoms with van der Waals surface area (Å²) in [4.78, 5) is 131. The second-order valence-electron chi connectivity index (χ2n) is 15.7. The molecule has 1 saturated heterocycles. The van der Waals surface area contributed by atoms with E-state index in [-0.39, 0.29) is 31.6 Å². The fourth-order valence-electron chi connectivity index (χ4n) is 6.76. The highest BCUT2D eigenvalue weighted by Crippen LogP contribution is 2.19. The number of carboxylic acid groups (broad SMARTS) is 2. The van der Waals surface area contributed by atoms with Gasteiger partial charge in [-0.2, -0.15) is 0 Å². The van der Waals surface area contributed by atoms with E-state index in [1.807, 2.05) is 0 Å². The van der Waals surface area contributed by atoms with Gasteiger partial charge >= 0.3 is 11.9 Å². The minimum absolute atomic E-state index is 0.0892. The lowest BCUT2D eigenvalue weighted by atomic mass is 10.0. The van der Waals surface area contributed by atoms with Crippen molar-refractivity contribution in [2.24, 2.45) is 11.5 Å². The molecule has 0 aromatic heterocycles. The number of carbonyl (C=O) groups excluding carboxylic acids is 8. The highest BCUT2D eigenvalue weighted by molar-refractivity contribution is 5.99. The fourth-order valence-corrected chi connectivity index (χ4v) is 6.76. The second-order valence-corrected chi connectivity index (χ2v) is 15.7. The van der Waals surface area contributed by atoms with Gasteiger partial charge in [0.25, 0.3) is 0 Å². The Labute approximate surface area is 373 Å². The molecule has 23 heteroatoms. The summed E-state index contributed by atoms with van der Waals surface area (Å²) >= 11 is 0. The Morgan fingerprint density at radius 1 is 0.692 bits per heavy atom. The quantitative estimate of drug-likeness (QED) is 0.0490. The third-order valence-corrected chi connectivity index (χ3v) is 10.3. The number of aliphatic hydroxyl groups excluding tert-OH is 1. The number of hydrogen-bond donors (Lipinski definition) is 12. The number of likely N-dealkylation sites (tertiary alicyclic amines) is 1. The molecule has 3 rings (SSSR count). The molecule has 0 aliphatic carbocycles. The standard InChI is InChI=1S/C42H57N9O14/c1-21(43)41(63)51-17-7-10-31(51)39(61)50-34(23(3)52)40(62)49-30(20-32(44)54)38(60)46-27(15-16-33(55)56)35(57)47-29(18-24-8-5-4-6-9-24)37(59)48-28(36(58)45-22(2)42(64)65)19-25-11-13-26(53)14-12-25/h4-6,8-9,11-14,21-23,27-31,34,52-53H,7,10,15-20,43H2,1-3H3,(H2,44,54)(H,45,58)(H,46,60)(H,47,57)(H,48,59)(H,49,62)(H,50,61)(H,55,56)(H,64,65)/t21-,22-,23+,27-,28-,29-,30-,31-,34-/m0/s1. The summed E-state index contributed by atoms with van der Waals surface area (Å²) in [5, 5.41) is 53.3. The molecule has 1 aliphatic rings. The van der Waals surface area contributed by atoms with Crippen LogP contribution in [-0.2, 0) is 60.8 Å². The minimum atomic E-state index is -1.86. The molecule has 354 valence electrons. The van der Waals surface area contributed by atoms with Crippen LogP contribution in [0.15, 0.2) is 54.6 Å². The average molecular weight is 912 g/mol. The molecule has 0 unspecified atom stereocenters. The maximum absolute atomic E-state index is 14.1. The van der Waals surface area contributed by atoms with Crippen molar-refractivity contribution in [1.82, 2.24) is 36.8 Å². The van der Waals surface area contributed by atoms with E-state index in [0.717, 1.165) is 6.92 Å². The van der Waals surface area contributed by atoms with Crippen LogP contribution >= 0.6 is 0 Å². The number of primary amides is 1. The lowest BCUT2D eigenvalue weighted by Crippen LogP contribution is -2.62. The van der Waals surface area contributed by atoms with Crippen molar-refractivity contribution in [2.45, 2.75) is 120 Å². The average Bonchev–Trinajstić information content (AvgIpc) is 3.74. The maximum atomic E-state index is 14.1. The van der Waals surface area contributed by atoms with Crippen LogP contribution in [0.5, 0.6) is 5.75 Å². The van der Waals surface area contributed by atoms with E-state index in [0.29, 0.717) is 17.5 Å². The van der Waals surface area contributed by atoms with Gasteiger partial charge in [0.1, 0.15) is 48.0 Å². The number of rotatable bonds is 24. The van der Waals surface area contributed by atoms with Crippen molar-refractivity contribution < 1.29 is 68.4 Å². The van der Waals surface area contributed by atoms with Crippen LogP contribution in [0.2, 0.25) is 0 Å². The van der Waals surface area contributed by atoms with Crippen LogP contribution in [-0.4, -0.2) is 146 Å². The zero-order chi connectivity index (χ0) is 48.5. The van der Waals surface area contributed by atoms with Gasteiger partial charge in [-0.1, -0.05) is 42.5 Å². The number of carboxylic acids is 2. The number of phenolic OH excluding ortho intramolecular Hbond substituents is 1. The summed E-state index contributed by atoms with van der Waals surface area (Å²) in [5.74, 6) is -10.7. The van der Waals surface area contributed by atoms with Gasteiger partial charge in [-0.05, 0) is 63.3 Å². The van der Waals surface area contributed by atoms with Crippen molar-refractivity contribution in [3.8, 4) is 5.75 Å². The van der Waals surface area contributed by atoms with Gasteiger partial charge < -0.3 is 68.7 Å². The number of phenols is 1. The molecule has 23 nitrogen and oxygen atoms in total. The van der Waals surface area contributed by atoms with Crippen LogP contribution in [0.25, 0.3) is 0 Å². The van der Waals surface area contributed by atoms with Gasteiger partial charge in [-0.15, -0.1) is 0 Å². The van der Waals surface area contributed by atoms with E-state index in [4.69, 9.17) is 11.5 Å². The van der Waals surface area contributed by atoms with E-state index in [1.54, 1.807) is 30.3 Å². The number of nitrogens with one attached hydrogen (secondary N) is 6. The monoisotopic (exact) mass is 911 g/mol. The first-order valence-electron chi connectivity index (χ1n) is 20.7. The van der Waals surface area contributed by atoms with Crippen molar-refractivity contribution >= 4 is 59.2 Å². The molecule has 8 amide bonds. The highest BCUT2D eigenvalue weighted by Gasteiger charge is 2.39. The summed E-state index contributed by atoms with van der Waals surface area (Å²) in [6, 6.07) is 2.14. The lowest BCUT2D eigenvalue weighted by Gasteiger charge is -2.29. The summed E-state index contributed by atoms with van der Waals surface area (Å²) < 4.78 is 0. The number of hydrogen-bond acceptors (Lipinski definition) is 13. The highest BCUT2D eigenvalue weighted by atomic mass is 16.4. The topological polar surface area (TPSA) is 379 Å². The van der Waals surface area contributed by atoms with E-state index in [1.165, 1.54) is 43.0 Å². The molecule has 0 radical (unpaired) electrons. The number of aromatic hydroxyl groups is 1. The molecule has 65 heavy (non-hydrogen) atoms. The smallest absolute Gasteiger partial charge is 0.325 e. The second kappa shape index (κ2) is 24.6. The molecule has 1 aliphatic heterocycles. The zero-order valence-corrected chi connectivity index (χ0v) is 36.0. The molecule has 0 bridgehead atoms. The Kier molecular flexibility index (Phi) is 19.8. The van der Waals surface area contributed by atoms with Gasteiger partial charge in [-0.25, -0.2) is 0 Å². The number of carbonyl (C=O) groups is 10. The van der Waals surface area contributed by atoms with Gasteiger partial charge in [0.05, 0.1) is 18.6 Å². The Bertz CT molecular complexity index is 2050. The van der Waals surface area contributed by atoms with Gasteiger partial charge in [0.2, 0.25) is 47.3 Å². The van der Waals surface area contributed by atoms with E-state index < -0.39 is 133 Å². The predicted molar refractivity (Wildman–Crippen MR) is 228 cm³/mol. The van der Waals surface area contributed by atoms with Crippen LogP contribution in [0.1, 0.15) is 64.0 Å². The third-order valence-electron chi connectivity index (χ3n) is 10.3. The summed E-state index contributed by atoms with van der Waals surface area (Å²) in [7, 11) is 0. The molecule has 9 atom stereocenters.